The van der Waals surface area contributed by atoms with Gasteiger partial charge in [0, 0.05) is 0 Å². The van der Waals surface area contributed by atoms with Gasteiger partial charge < -0.3 is 4.74 Å². The minimum Gasteiger partial charge on any atom is -0.466 e. The van der Waals surface area contributed by atoms with Crippen molar-refractivity contribution in [1.82, 2.24) is 0 Å². The lowest BCUT2D eigenvalue weighted by Gasteiger charge is -2.21. The number of allylic oxidation sites excluding steroid dienone is 2. The number of rotatable bonds is 3. The maximum Gasteiger partial charge on any atom is 0.309 e. The second kappa shape index (κ2) is 5.05. The first kappa shape index (κ1) is 10.3. The Morgan fingerprint density at radius 3 is 3.00 bits per heavy atom. The largest absolute Gasteiger partial charge is 0.466 e. The van der Waals surface area contributed by atoms with Crippen LogP contribution in [0.1, 0.15) is 33.1 Å². The molecular weight excluding hydrogens is 164 g/mol. The van der Waals surface area contributed by atoms with Crippen molar-refractivity contribution in [2.75, 3.05) is 6.61 Å². The average molecular weight is 182 g/mol. The molecule has 2 atom stereocenters. The van der Waals surface area contributed by atoms with Gasteiger partial charge in [0.2, 0.25) is 0 Å². The van der Waals surface area contributed by atoms with E-state index in [9.17, 15) is 4.79 Å². The highest BCUT2D eigenvalue weighted by Crippen LogP contribution is 2.25. The SMILES string of the molecule is CCOC(=O)C(C)C1C=CCCC1. The first-order chi connectivity index (χ1) is 6.25. The second-order valence-electron chi connectivity index (χ2n) is 3.56. The number of hydrogen-bond acceptors (Lipinski definition) is 2. The predicted molar refractivity (Wildman–Crippen MR) is 52.3 cm³/mol. The summed E-state index contributed by atoms with van der Waals surface area (Å²) in [4.78, 5) is 11.4. The molecular formula is C11H18O2. The molecule has 1 aliphatic carbocycles. The molecule has 2 heteroatoms. The van der Waals surface area contributed by atoms with Crippen LogP contribution in [0.4, 0.5) is 0 Å². The molecule has 0 aromatic heterocycles. The van der Waals surface area contributed by atoms with Gasteiger partial charge in [0.1, 0.15) is 0 Å². The Balaban J connectivity index is 2.45. The zero-order valence-electron chi connectivity index (χ0n) is 8.45. The summed E-state index contributed by atoms with van der Waals surface area (Å²) in [5, 5.41) is 0. The van der Waals surface area contributed by atoms with Gasteiger partial charge in [0.15, 0.2) is 0 Å². The summed E-state index contributed by atoms with van der Waals surface area (Å²) in [6.45, 7) is 4.29. The highest BCUT2D eigenvalue weighted by molar-refractivity contribution is 5.72. The van der Waals surface area contributed by atoms with E-state index in [0.29, 0.717) is 12.5 Å². The average Bonchev–Trinajstić information content (AvgIpc) is 2.18. The van der Waals surface area contributed by atoms with Crippen molar-refractivity contribution >= 4 is 5.97 Å². The Hall–Kier alpha value is -0.790. The van der Waals surface area contributed by atoms with E-state index in [2.05, 4.69) is 12.2 Å². The van der Waals surface area contributed by atoms with Gasteiger partial charge in [-0.2, -0.15) is 0 Å². The zero-order chi connectivity index (χ0) is 9.68. The maximum absolute atomic E-state index is 11.4. The molecule has 2 unspecified atom stereocenters. The molecule has 0 bridgehead atoms. The molecule has 2 nitrogen and oxygen atoms in total. The summed E-state index contributed by atoms with van der Waals surface area (Å²) in [5.41, 5.74) is 0. The molecule has 0 heterocycles. The molecule has 74 valence electrons. The van der Waals surface area contributed by atoms with Crippen LogP contribution in [0.5, 0.6) is 0 Å². The van der Waals surface area contributed by atoms with Crippen LogP contribution in [0.3, 0.4) is 0 Å². The lowest BCUT2D eigenvalue weighted by atomic mass is 9.86. The van der Waals surface area contributed by atoms with E-state index >= 15 is 0 Å². The van der Waals surface area contributed by atoms with E-state index in [1.54, 1.807) is 0 Å². The summed E-state index contributed by atoms with van der Waals surface area (Å²) < 4.78 is 4.98. The third-order valence-corrected chi connectivity index (χ3v) is 2.59. The fraction of sp³-hybridized carbons (Fsp3) is 0.727. The van der Waals surface area contributed by atoms with Crippen molar-refractivity contribution in [1.29, 1.82) is 0 Å². The van der Waals surface area contributed by atoms with Gasteiger partial charge in [-0.05, 0) is 32.1 Å². The van der Waals surface area contributed by atoms with E-state index in [1.165, 1.54) is 6.42 Å². The lowest BCUT2D eigenvalue weighted by Crippen LogP contribution is -2.23. The normalized spacial score (nSPS) is 24.0. The van der Waals surface area contributed by atoms with Crippen LogP contribution in [-0.4, -0.2) is 12.6 Å². The van der Waals surface area contributed by atoms with Crippen LogP contribution in [0, 0.1) is 11.8 Å². The minimum absolute atomic E-state index is 0.0245. The van der Waals surface area contributed by atoms with Crippen molar-refractivity contribution in [3.63, 3.8) is 0 Å². The van der Waals surface area contributed by atoms with Crippen LogP contribution >= 0.6 is 0 Å². The number of ether oxygens (including phenoxy) is 1. The van der Waals surface area contributed by atoms with Crippen molar-refractivity contribution in [2.24, 2.45) is 11.8 Å². The molecule has 0 aromatic carbocycles. The molecule has 1 aliphatic rings. The molecule has 0 aromatic rings. The summed E-state index contributed by atoms with van der Waals surface area (Å²) in [6, 6.07) is 0. The third-order valence-electron chi connectivity index (χ3n) is 2.59. The molecule has 1 rings (SSSR count). The Kier molecular flexibility index (Phi) is 4.00. The monoisotopic (exact) mass is 182 g/mol. The van der Waals surface area contributed by atoms with Gasteiger partial charge in [0.25, 0.3) is 0 Å². The van der Waals surface area contributed by atoms with Crippen molar-refractivity contribution in [2.45, 2.75) is 33.1 Å². The van der Waals surface area contributed by atoms with Crippen molar-refractivity contribution < 1.29 is 9.53 Å². The van der Waals surface area contributed by atoms with E-state index in [4.69, 9.17) is 4.74 Å². The molecule has 0 spiro atoms. The third kappa shape index (κ3) is 2.87. The van der Waals surface area contributed by atoms with Gasteiger partial charge in [-0.25, -0.2) is 0 Å². The molecule has 0 amide bonds. The second-order valence-corrected chi connectivity index (χ2v) is 3.56. The zero-order valence-corrected chi connectivity index (χ0v) is 8.45. The summed E-state index contributed by atoms with van der Waals surface area (Å²) in [6.07, 6.45) is 7.81. The fourth-order valence-electron chi connectivity index (χ4n) is 1.70. The molecule has 0 radical (unpaired) electrons. The number of esters is 1. The Bertz CT molecular complexity index is 196. The molecule has 0 saturated heterocycles. The van der Waals surface area contributed by atoms with Crippen LogP contribution in [0.2, 0.25) is 0 Å². The maximum atomic E-state index is 11.4. The van der Waals surface area contributed by atoms with Crippen LogP contribution in [-0.2, 0) is 9.53 Å². The highest BCUT2D eigenvalue weighted by Gasteiger charge is 2.23. The molecule has 13 heavy (non-hydrogen) atoms. The molecule has 0 N–H and O–H groups in total. The van der Waals surface area contributed by atoms with Gasteiger partial charge in [-0.3, -0.25) is 4.79 Å². The number of carbonyl (C=O) groups excluding carboxylic acids is 1. The van der Waals surface area contributed by atoms with E-state index in [0.717, 1.165) is 12.8 Å². The first-order valence-corrected chi connectivity index (χ1v) is 5.09. The highest BCUT2D eigenvalue weighted by atomic mass is 16.5. The van der Waals surface area contributed by atoms with Gasteiger partial charge in [0.05, 0.1) is 12.5 Å². The van der Waals surface area contributed by atoms with Crippen LogP contribution in [0.25, 0.3) is 0 Å². The van der Waals surface area contributed by atoms with Crippen LogP contribution in [0.15, 0.2) is 12.2 Å². The van der Waals surface area contributed by atoms with Crippen molar-refractivity contribution in [3.8, 4) is 0 Å². The van der Waals surface area contributed by atoms with Crippen molar-refractivity contribution in [3.05, 3.63) is 12.2 Å². The predicted octanol–water partition coefficient (Wildman–Crippen LogP) is 2.54. The number of carbonyl (C=O) groups is 1. The first-order valence-electron chi connectivity index (χ1n) is 5.09. The van der Waals surface area contributed by atoms with Gasteiger partial charge >= 0.3 is 5.97 Å². The molecule has 0 saturated carbocycles. The Labute approximate surface area is 80.0 Å². The smallest absolute Gasteiger partial charge is 0.309 e. The van der Waals surface area contributed by atoms with E-state index in [1.807, 2.05) is 13.8 Å². The minimum atomic E-state index is -0.0564. The van der Waals surface area contributed by atoms with Crippen LogP contribution < -0.4 is 0 Å². The lowest BCUT2D eigenvalue weighted by molar-refractivity contribution is -0.148. The molecule has 0 aliphatic heterocycles. The Morgan fingerprint density at radius 1 is 1.69 bits per heavy atom. The van der Waals surface area contributed by atoms with Gasteiger partial charge in [-0.1, -0.05) is 19.1 Å². The topological polar surface area (TPSA) is 26.3 Å². The van der Waals surface area contributed by atoms with Gasteiger partial charge in [-0.15, -0.1) is 0 Å². The quantitative estimate of drug-likeness (QED) is 0.495. The summed E-state index contributed by atoms with van der Waals surface area (Å²) in [5.74, 6) is 0.364. The standard InChI is InChI=1S/C11H18O2/c1-3-13-11(12)9(2)10-7-5-4-6-8-10/h5,7,9-10H,3-4,6,8H2,1-2H3. The fourth-order valence-corrected chi connectivity index (χ4v) is 1.70. The Morgan fingerprint density at radius 2 is 2.46 bits per heavy atom. The summed E-state index contributed by atoms with van der Waals surface area (Å²) >= 11 is 0. The summed E-state index contributed by atoms with van der Waals surface area (Å²) in [7, 11) is 0. The van der Waals surface area contributed by atoms with E-state index < -0.39 is 0 Å². The van der Waals surface area contributed by atoms with E-state index in [-0.39, 0.29) is 11.9 Å². The molecule has 0 fully saturated rings. The number of hydrogen-bond donors (Lipinski definition) is 0.